The van der Waals surface area contributed by atoms with E-state index in [0.717, 1.165) is 6.92 Å². The van der Waals surface area contributed by atoms with Gasteiger partial charge in [0.1, 0.15) is 16.9 Å². The van der Waals surface area contributed by atoms with E-state index in [2.05, 4.69) is 5.10 Å². The number of ether oxygens (including phenoxy) is 2. The van der Waals surface area contributed by atoms with Gasteiger partial charge in [0.25, 0.3) is 0 Å². The van der Waals surface area contributed by atoms with Crippen LogP contribution in [0.25, 0.3) is 0 Å². The first-order valence-corrected chi connectivity index (χ1v) is 8.07. The zero-order valence-electron chi connectivity index (χ0n) is 16.4. The van der Waals surface area contributed by atoms with Crippen molar-refractivity contribution in [3.8, 4) is 0 Å². The second kappa shape index (κ2) is 7.72. The second-order valence-electron chi connectivity index (χ2n) is 7.65. The molecule has 11 nitrogen and oxygen atoms in total. The summed E-state index contributed by atoms with van der Waals surface area (Å²) in [5, 5.41) is 4.89. The Morgan fingerprint density at radius 1 is 1.07 bits per heavy atom. The molecule has 0 unspecified atom stereocenters. The third-order valence-electron chi connectivity index (χ3n) is 2.75. The molecule has 0 aromatic heterocycles. The summed E-state index contributed by atoms with van der Waals surface area (Å²) < 4.78 is 10.2. The Morgan fingerprint density at radius 3 is 2.00 bits per heavy atom. The van der Waals surface area contributed by atoms with Crippen molar-refractivity contribution in [2.24, 2.45) is 5.10 Å². The van der Waals surface area contributed by atoms with Crippen molar-refractivity contribution >= 4 is 36.1 Å². The molecule has 0 N–H and O–H groups in total. The van der Waals surface area contributed by atoms with Crippen LogP contribution in [-0.4, -0.2) is 68.9 Å². The van der Waals surface area contributed by atoms with Crippen molar-refractivity contribution in [3.05, 3.63) is 0 Å². The van der Waals surface area contributed by atoms with Gasteiger partial charge in [-0.1, -0.05) is 0 Å². The van der Waals surface area contributed by atoms with E-state index < -0.39 is 41.9 Å². The monoisotopic (exact) mass is 384 g/mol. The summed E-state index contributed by atoms with van der Waals surface area (Å²) in [4.78, 5) is 60.4. The maximum absolute atomic E-state index is 12.7. The topological polar surface area (TPSA) is 126 Å². The minimum absolute atomic E-state index is 0.268. The molecule has 1 aliphatic heterocycles. The minimum atomic E-state index is -1.16. The highest BCUT2D eigenvalue weighted by molar-refractivity contribution is 6.30. The molecule has 0 fully saturated rings. The molecule has 0 atom stereocenters. The Kier molecular flexibility index (Phi) is 6.31. The first-order valence-electron chi connectivity index (χ1n) is 8.07. The van der Waals surface area contributed by atoms with Gasteiger partial charge >= 0.3 is 18.2 Å². The highest BCUT2D eigenvalue weighted by atomic mass is 16.6. The maximum atomic E-state index is 12.7. The van der Waals surface area contributed by atoms with E-state index in [4.69, 9.17) is 9.47 Å². The van der Waals surface area contributed by atoms with Gasteiger partial charge in [0.15, 0.2) is 6.29 Å². The molecule has 0 bridgehead atoms. The number of hydrazone groups is 1. The molecule has 0 aromatic rings. The first-order chi connectivity index (χ1) is 12.2. The molecule has 0 aliphatic carbocycles. The van der Waals surface area contributed by atoms with Crippen LogP contribution in [0, 0.1) is 0 Å². The van der Waals surface area contributed by atoms with Gasteiger partial charge in [-0.05, 0) is 41.5 Å². The quantitative estimate of drug-likeness (QED) is 0.666. The summed E-state index contributed by atoms with van der Waals surface area (Å²) in [6, 6.07) is -1.14. The Bertz CT molecular complexity index is 688. The first kappa shape index (κ1) is 22.1. The Balaban J connectivity index is 3.25. The summed E-state index contributed by atoms with van der Waals surface area (Å²) in [7, 11) is 0. The number of carbonyl (C=O) groups is 5. The predicted octanol–water partition coefficient (Wildman–Crippen LogP) is 1.91. The van der Waals surface area contributed by atoms with Crippen LogP contribution in [-0.2, 0) is 19.1 Å². The molecule has 5 amide bonds. The summed E-state index contributed by atoms with van der Waals surface area (Å²) in [5.74, 6) is -0.853. The van der Waals surface area contributed by atoms with E-state index in [-0.39, 0.29) is 10.7 Å². The number of aldehydes is 1. The van der Waals surface area contributed by atoms with Gasteiger partial charge in [0.2, 0.25) is 5.91 Å². The average molecular weight is 384 g/mol. The van der Waals surface area contributed by atoms with Crippen LogP contribution in [0.15, 0.2) is 5.10 Å². The van der Waals surface area contributed by atoms with Crippen molar-refractivity contribution < 1.29 is 33.4 Å². The number of rotatable bonds is 2. The van der Waals surface area contributed by atoms with E-state index in [0.29, 0.717) is 16.3 Å². The van der Waals surface area contributed by atoms with E-state index in [1.165, 1.54) is 0 Å². The molecule has 0 aromatic carbocycles. The van der Waals surface area contributed by atoms with Crippen molar-refractivity contribution in [2.75, 3.05) is 6.54 Å². The van der Waals surface area contributed by atoms with Crippen molar-refractivity contribution in [1.29, 1.82) is 0 Å². The smallest absolute Gasteiger partial charge is 0.439 e. The predicted molar refractivity (Wildman–Crippen MR) is 92.4 cm³/mol. The molecule has 0 saturated heterocycles. The number of carbonyl (C=O) groups excluding carboxylic acids is 5. The number of urea groups is 1. The van der Waals surface area contributed by atoms with Gasteiger partial charge in [0, 0.05) is 6.92 Å². The lowest BCUT2D eigenvalue weighted by Crippen LogP contribution is -2.61. The summed E-state index contributed by atoms with van der Waals surface area (Å²) in [6.45, 7) is 9.98. The van der Waals surface area contributed by atoms with Gasteiger partial charge in [0.05, 0.1) is 6.54 Å². The summed E-state index contributed by atoms with van der Waals surface area (Å²) in [6.07, 6.45) is -2.01. The third kappa shape index (κ3) is 6.04. The summed E-state index contributed by atoms with van der Waals surface area (Å²) >= 11 is 0. The van der Waals surface area contributed by atoms with Gasteiger partial charge in [-0.15, -0.1) is 10.0 Å². The van der Waals surface area contributed by atoms with Crippen LogP contribution < -0.4 is 0 Å². The third-order valence-corrected chi connectivity index (χ3v) is 2.75. The maximum Gasteiger partial charge on any atom is 0.439 e. The lowest BCUT2D eigenvalue weighted by Gasteiger charge is -2.37. The van der Waals surface area contributed by atoms with Crippen molar-refractivity contribution in [2.45, 2.75) is 59.7 Å². The van der Waals surface area contributed by atoms with Gasteiger partial charge in [-0.3, -0.25) is 9.59 Å². The molecule has 27 heavy (non-hydrogen) atoms. The van der Waals surface area contributed by atoms with E-state index in [1.54, 1.807) is 41.5 Å². The minimum Gasteiger partial charge on any atom is -0.442 e. The Labute approximate surface area is 156 Å². The molecule has 0 saturated carbocycles. The Morgan fingerprint density at radius 2 is 1.59 bits per heavy atom. The van der Waals surface area contributed by atoms with Gasteiger partial charge < -0.3 is 9.47 Å². The van der Waals surface area contributed by atoms with Crippen LogP contribution in [0.3, 0.4) is 0 Å². The van der Waals surface area contributed by atoms with Gasteiger partial charge in [-0.25, -0.2) is 19.4 Å². The molecular weight excluding hydrogens is 360 g/mol. The average Bonchev–Trinajstić information content (AvgIpc) is 2.44. The lowest BCUT2D eigenvalue weighted by atomic mass is 10.2. The molecule has 1 rings (SSSR count). The zero-order valence-corrected chi connectivity index (χ0v) is 16.4. The standard InChI is InChI=1S/C16H24N4O7/c1-10(22)20(14(25)27-16(5,6)7)18-8-11(9-21)17-19(12(18)23)13(24)26-15(2,3)4/h9H,8H2,1-7H3. The second-order valence-corrected chi connectivity index (χ2v) is 7.65. The fourth-order valence-electron chi connectivity index (χ4n) is 1.88. The SMILES string of the molecule is CC(=O)N(C(=O)OC(C)(C)C)N1CC(C=O)=NN(C(=O)OC(C)(C)C)C1=O. The normalized spacial score (nSPS) is 15.1. The van der Waals surface area contributed by atoms with E-state index in [1.807, 2.05) is 0 Å². The number of hydrogen-bond acceptors (Lipinski definition) is 8. The molecular formula is C16H24N4O7. The fraction of sp³-hybridized carbons (Fsp3) is 0.625. The number of hydrogen-bond donors (Lipinski definition) is 0. The number of nitrogens with zero attached hydrogens (tertiary/aromatic N) is 4. The molecule has 1 aliphatic rings. The van der Waals surface area contributed by atoms with Crippen molar-refractivity contribution in [1.82, 2.24) is 15.0 Å². The number of hydrazine groups is 1. The fourth-order valence-corrected chi connectivity index (χ4v) is 1.88. The number of amides is 5. The van der Waals surface area contributed by atoms with Crippen LogP contribution >= 0.6 is 0 Å². The highest BCUT2D eigenvalue weighted by Crippen LogP contribution is 2.18. The molecule has 150 valence electrons. The molecule has 0 spiro atoms. The largest absolute Gasteiger partial charge is 0.442 e. The molecule has 0 radical (unpaired) electrons. The van der Waals surface area contributed by atoms with Crippen LogP contribution in [0.2, 0.25) is 0 Å². The molecule has 1 heterocycles. The van der Waals surface area contributed by atoms with Crippen LogP contribution in [0.1, 0.15) is 48.5 Å². The zero-order chi connectivity index (χ0) is 21.2. The van der Waals surface area contributed by atoms with Crippen LogP contribution in [0.4, 0.5) is 14.4 Å². The van der Waals surface area contributed by atoms with E-state index in [9.17, 15) is 24.0 Å². The van der Waals surface area contributed by atoms with Crippen molar-refractivity contribution in [3.63, 3.8) is 0 Å². The summed E-state index contributed by atoms with van der Waals surface area (Å²) in [5.41, 5.74) is -2.16. The molecule has 11 heteroatoms. The van der Waals surface area contributed by atoms with Gasteiger partial charge in [-0.2, -0.15) is 5.10 Å². The van der Waals surface area contributed by atoms with Crippen LogP contribution in [0.5, 0.6) is 0 Å². The number of imide groups is 2. The van der Waals surface area contributed by atoms with E-state index >= 15 is 0 Å². The Hall–Kier alpha value is -2.98. The lowest BCUT2D eigenvalue weighted by molar-refractivity contribution is -0.140. The highest BCUT2D eigenvalue weighted by Gasteiger charge is 2.42.